The fourth-order valence-electron chi connectivity index (χ4n) is 4.45. The SMILES string of the molecule is CCCCCCCCCCCC(=O)OCC.CCCCCCCCCCCCCCCCCC(=O)[O-].[Na+]. The van der Waals surface area contributed by atoms with Crippen LogP contribution in [0, 0.1) is 0 Å². The van der Waals surface area contributed by atoms with E-state index < -0.39 is 5.97 Å². The number of esters is 1. The second-order valence-corrected chi connectivity index (χ2v) is 10.5. The van der Waals surface area contributed by atoms with Gasteiger partial charge in [-0.15, -0.1) is 0 Å². The minimum Gasteiger partial charge on any atom is -0.550 e. The summed E-state index contributed by atoms with van der Waals surface area (Å²) >= 11 is 0. The van der Waals surface area contributed by atoms with Crippen molar-refractivity contribution in [3.63, 3.8) is 0 Å². The Kier molecular flexibility index (Phi) is 42.6. The van der Waals surface area contributed by atoms with Gasteiger partial charge in [-0.05, 0) is 26.2 Å². The predicted octanol–water partition coefficient (Wildman–Crippen LogP) is 6.47. The van der Waals surface area contributed by atoms with Crippen molar-refractivity contribution in [1.82, 2.24) is 0 Å². The van der Waals surface area contributed by atoms with E-state index in [1.54, 1.807) is 0 Å². The monoisotopic (exact) mass is 534 g/mol. The molecule has 0 aliphatic rings. The third kappa shape index (κ3) is 43.2. The third-order valence-corrected chi connectivity index (χ3v) is 6.77. The first-order chi connectivity index (χ1) is 17.6. The molecule has 0 heterocycles. The van der Waals surface area contributed by atoms with E-state index in [1.165, 1.54) is 135 Å². The van der Waals surface area contributed by atoms with E-state index in [4.69, 9.17) is 4.74 Å². The molecule has 0 aromatic rings. The summed E-state index contributed by atoms with van der Waals surface area (Å²) in [5, 5.41) is 10.2. The van der Waals surface area contributed by atoms with Crippen LogP contribution in [0.4, 0.5) is 0 Å². The first kappa shape index (κ1) is 41.4. The van der Waals surface area contributed by atoms with Crippen LogP contribution in [0.15, 0.2) is 0 Å². The Bertz CT molecular complexity index is 443. The van der Waals surface area contributed by atoms with Gasteiger partial charge in [-0.1, -0.05) is 155 Å². The molecule has 216 valence electrons. The van der Waals surface area contributed by atoms with E-state index >= 15 is 0 Å². The van der Waals surface area contributed by atoms with E-state index in [0.717, 1.165) is 19.3 Å². The van der Waals surface area contributed by atoms with Gasteiger partial charge in [0.1, 0.15) is 0 Å². The van der Waals surface area contributed by atoms with Gasteiger partial charge in [0.25, 0.3) is 0 Å². The normalized spacial score (nSPS) is 10.4. The summed E-state index contributed by atoms with van der Waals surface area (Å²) in [6.07, 6.45) is 32.0. The van der Waals surface area contributed by atoms with Crippen LogP contribution in [-0.2, 0) is 14.3 Å². The maximum Gasteiger partial charge on any atom is 1.00 e. The van der Waals surface area contributed by atoms with Crippen LogP contribution in [-0.4, -0.2) is 18.5 Å². The van der Waals surface area contributed by atoms with Crippen molar-refractivity contribution in [3.8, 4) is 0 Å². The van der Waals surface area contributed by atoms with Gasteiger partial charge < -0.3 is 14.6 Å². The maximum absolute atomic E-state index is 11.0. The zero-order valence-corrected chi connectivity index (χ0v) is 27.7. The Morgan fingerprint density at radius 1 is 0.459 bits per heavy atom. The van der Waals surface area contributed by atoms with Crippen LogP contribution < -0.4 is 34.7 Å². The molecule has 37 heavy (non-hydrogen) atoms. The van der Waals surface area contributed by atoms with Gasteiger partial charge in [0.05, 0.1) is 6.61 Å². The molecule has 0 fully saturated rings. The molecule has 0 aliphatic carbocycles. The molecule has 0 aromatic carbocycles. The number of carboxylic acid groups (broad SMARTS) is 1. The van der Waals surface area contributed by atoms with E-state index in [2.05, 4.69) is 13.8 Å². The van der Waals surface area contributed by atoms with Gasteiger partial charge in [-0.2, -0.15) is 0 Å². The molecule has 0 rings (SSSR count). The zero-order valence-electron chi connectivity index (χ0n) is 25.7. The van der Waals surface area contributed by atoms with Crippen LogP contribution in [0.1, 0.15) is 188 Å². The summed E-state index contributed by atoms with van der Waals surface area (Å²) in [4.78, 5) is 21.3. The number of carbonyl (C=O) groups is 2. The van der Waals surface area contributed by atoms with E-state index in [-0.39, 0.29) is 41.9 Å². The summed E-state index contributed by atoms with van der Waals surface area (Å²) < 4.78 is 4.87. The van der Waals surface area contributed by atoms with Gasteiger partial charge in [0.2, 0.25) is 0 Å². The van der Waals surface area contributed by atoms with Gasteiger partial charge >= 0.3 is 35.5 Å². The van der Waals surface area contributed by atoms with Crippen LogP contribution in [0.3, 0.4) is 0 Å². The van der Waals surface area contributed by atoms with Crippen LogP contribution >= 0.6 is 0 Å². The van der Waals surface area contributed by atoms with Crippen LogP contribution in [0.25, 0.3) is 0 Å². The molecule has 0 saturated carbocycles. The zero-order chi connectivity index (χ0) is 27.0. The Balaban J connectivity index is -0.000000623. The summed E-state index contributed by atoms with van der Waals surface area (Å²) in [5.41, 5.74) is 0. The number of hydrogen-bond donors (Lipinski definition) is 0. The molecule has 0 spiro atoms. The molecule has 0 N–H and O–H groups in total. The molecule has 0 amide bonds. The smallest absolute Gasteiger partial charge is 0.550 e. The number of carboxylic acids is 1. The molecule has 4 nitrogen and oxygen atoms in total. The molecule has 0 unspecified atom stereocenters. The third-order valence-electron chi connectivity index (χ3n) is 6.77. The molecule has 5 heteroatoms. The number of aliphatic carboxylic acids is 1. The van der Waals surface area contributed by atoms with E-state index in [0.29, 0.717) is 13.0 Å². The van der Waals surface area contributed by atoms with Crippen molar-refractivity contribution < 1.29 is 49.0 Å². The first-order valence-corrected chi connectivity index (χ1v) is 15.9. The van der Waals surface area contributed by atoms with Gasteiger partial charge in [-0.25, -0.2) is 0 Å². The second-order valence-electron chi connectivity index (χ2n) is 10.5. The largest absolute Gasteiger partial charge is 1.00 e. The number of rotatable bonds is 27. The summed E-state index contributed by atoms with van der Waals surface area (Å²) in [7, 11) is 0. The molecular formula is C32H63NaO4. The number of unbranched alkanes of at least 4 members (excludes halogenated alkanes) is 22. The summed E-state index contributed by atoms with van der Waals surface area (Å²) in [6, 6.07) is 0. The van der Waals surface area contributed by atoms with Crippen LogP contribution in [0.2, 0.25) is 0 Å². The number of ether oxygens (including phenoxy) is 1. The Morgan fingerprint density at radius 3 is 1.00 bits per heavy atom. The van der Waals surface area contributed by atoms with Crippen molar-refractivity contribution in [2.75, 3.05) is 6.61 Å². The van der Waals surface area contributed by atoms with E-state index in [9.17, 15) is 14.7 Å². The van der Waals surface area contributed by atoms with Crippen molar-refractivity contribution >= 4 is 11.9 Å². The average molecular weight is 535 g/mol. The average Bonchev–Trinajstić information content (AvgIpc) is 2.86. The molecule has 0 atom stereocenters. The maximum atomic E-state index is 11.0. The second kappa shape index (κ2) is 38.1. The standard InChI is InChI=1S/C18H36O2.C14H28O2.Na/c1-2-3-4-5-6-7-8-9-10-11-12-13-14-15-16-17-18(19)20;1-3-5-6-7-8-9-10-11-12-13-14(15)16-4-2;/h2-17H2,1H3,(H,19,20);3-13H2,1-2H3;/q;;+1/p-1. The van der Waals surface area contributed by atoms with Crippen molar-refractivity contribution in [3.05, 3.63) is 0 Å². The molecule has 0 radical (unpaired) electrons. The number of hydrogen-bond acceptors (Lipinski definition) is 4. The molecular weight excluding hydrogens is 471 g/mol. The van der Waals surface area contributed by atoms with Crippen molar-refractivity contribution in [1.29, 1.82) is 0 Å². The Hall–Kier alpha value is -0.0600. The quantitative estimate of drug-likeness (QED) is 0.0688. The van der Waals surface area contributed by atoms with Gasteiger partial charge in [0, 0.05) is 12.4 Å². The minimum atomic E-state index is -0.903. The van der Waals surface area contributed by atoms with Crippen LogP contribution in [0.5, 0.6) is 0 Å². The molecule has 0 saturated heterocycles. The first-order valence-electron chi connectivity index (χ1n) is 15.9. The predicted molar refractivity (Wildman–Crippen MR) is 153 cm³/mol. The molecule has 0 bridgehead atoms. The Morgan fingerprint density at radius 2 is 0.730 bits per heavy atom. The van der Waals surface area contributed by atoms with Crippen molar-refractivity contribution in [2.24, 2.45) is 0 Å². The molecule has 0 aromatic heterocycles. The van der Waals surface area contributed by atoms with Gasteiger partial charge in [-0.3, -0.25) is 4.79 Å². The topological polar surface area (TPSA) is 66.4 Å². The van der Waals surface area contributed by atoms with Gasteiger partial charge in [0.15, 0.2) is 0 Å². The Labute approximate surface area is 254 Å². The fraction of sp³-hybridized carbons (Fsp3) is 0.938. The summed E-state index contributed by atoms with van der Waals surface area (Å²) in [6.45, 7) is 6.88. The summed E-state index contributed by atoms with van der Waals surface area (Å²) in [5.74, 6) is -0.940. The molecule has 0 aliphatic heterocycles. The minimum absolute atomic E-state index is 0. The van der Waals surface area contributed by atoms with Crippen molar-refractivity contribution in [2.45, 2.75) is 188 Å². The van der Waals surface area contributed by atoms with E-state index in [1.807, 2.05) is 6.92 Å². The fourth-order valence-corrected chi connectivity index (χ4v) is 4.45. The number of carbonyl (C=O) groups excluding carboxylic acids is 2.